The Morgan fingerprint density at radius 3 is 1.93 bits per heavy atom. The van der Waals surface area contributed by atoms with Crippen molar-refractivity contribution in [2.45, 2.75) is 36.1 Å². The van der Waals surface area contributed by atoms with Crippen molar-refractivity contribution in [2.75, 3.05) is 12.9 Å². The van der Waals surface area contributed by atoms with Gasteiger partial charge in [0.05, 0.1) is 16.7 Å². The third-order valence-corrected chi connectivity index (χ3v) is 7.56. The number of benzene rings is 3. The van der Waals surface area contributed by atoms with Crippen molar-refractivity contribution >= 4 is 29.7 Å². The molecule has 0 aliphatic carbocycles. The summed E-state index contributed by atoms with van der Waals surface area (Å²) in [6.07, 6.45) is -0.269. The van der Waals surface area contributed by atoms with E-state index >= 15 is 0 Å². The van der Waals surface area contributed by atoms with Crippen LogP contribution in [0.25, 0.3) is 0 Å². The van der Waals surface area contributed by atoms with Crippen LogP contribution in [0.3, 0.4) is 0 Å². The van der Waals surface area contributed by atoms with Crippen LogP contribution in [0.2, 0.25) is 0 Å². The van der Waals surface area contributed by atoms with Crippen LogP contribution in [-0.2, 0) is 18.9 Å². The summed E-state index contributed by atoms with van der Waals surface area (Å²) in [5.74, 6) is -2.00. The summed E-state index contributed by atoms with van der Waals surface area (Å²) in [5.41, 5.74) is -1.30. The van der Waals surface area contributed by atoms with E-state index in [0.29, 0.717) is 5.56 Å². The maximum atomic E-state index is 13.5. The maximum Gasteiger partial charge on any atom is 0.338 e. The summed E-state index contributed by atoms with van der Waals surface area (Å²) < 4.78 is 25.7. The van der Waals surface area contributed by atoms with E-state index in [4.69, 9.17) is 18.9 Å². The van der Waals surface area contributed by atoms with Crippen LogP contribution < -0.4 is 5.56 Å². The van der Waals surface area contributed by atoms with Gasteiger partial charge in [0.15, 0.2) is 23.1 Å². The molecule has 4 atom stereocenters. The molecule has 43 heavy (non-hydrogen) atoms. The lowest BCUT2D eigenvalue weighted by Gasteiger charge is -2.35. The highest BCUT2D eigenvalue weighted by atomic mass is 32.2. The van der Waals surface area contributed by atoms with Crippen LogP contribution in [0.4, 0.5) is 0 Å². The Labute approximate surface area is 251 Å². The van der Waals surface area contributed by atoms with Gasteiger partial charge in [0.1, 0.15) is 12.7 Å². The Morgan fingerprint density at radius 2 is 1.37 bits per heavy atom. The maximum absolute atomic E-state index is 13.5. The Kier molecular flexibility index (Phi) is 9.03. The molecule has 0 radical (unpaired) electrons. The molecule has 1 fully saturated rings. The van der Waals surface area contributed by atoms with Gasteiger partial charge in [-0.05, 0) is 49.6 Å². The first-order valence-corrected chi connectivity index (χ1v) is 14.6. The van der Waals surface area contributed by atoms with E-state index in [0.717, 1.165) is 0 Å². The van der Waals surface area contributed by atoms with Crippen molar-refractivity contribution in [3.05, 3.63) is 130 Å². The van der Waals surface area contributed by atoms with Crippen molar-refractivity contribution in [1.29, 1.82) is 0 Å². The second-order valence-electron chi connectivity index (χ2n) is 9.78. The molecule has 1 aliphatic heterocycles. The molecule has 10 nitrogen and oxygen atoms in total. The van der Waals surface area contributed by atoms with E-state index in [-0.39, 0.29) is 22.9 Å². The third kappa shape index (κ3) is 6.52. The minimum Gasteiger partial charge on any atom is -0.459 e. The van der Waals surface area contributed by atoms with Gasteiger partial charge >= 0.3 is 17.9 Å². The third-order valence-electron chi connectivity index (χ3n) is 6.89. The minimum absolute atomic E-state index is 0.262. The van der Waals surface area contributed by atoms with E-state index < -0.39 is 47.5 Å². The van der Waals surface area contributed by atoms with Crippen LogP contribution in [0.15, 0.2) is 113 Å². The normalized spacial score (nSPS) is 21.1. The van der Waals surface area contributed by atoms with Gasteiger partial charge in [-0.15, -0.1) is 0 Å². The number of carbonyl (C=O) groups is 3. The highest BCUT2D eigenvalue weighted by molar-refractivity contribution is 7.98. The number of carbonyl (C=O) groups excluding carboxylic acids is 3. The predicted molar refractivity (Wildman–Crippen MR) is 157 cm³/mol. The highest BCUT2D eigenvalue weighted by Gasteiger charge is 2.60. The lowest BCUT2D eigenvalue weighted by atomic mass is 9.95. The van der Waals surface area contributed by atoms with Crippen molar-refractivity contribution in [3.63, 3.8) is 0 Å². The topological polar surface area (TPSA) is 123 Å². The number of rotatable bonds is 9. The first-order valence-electron chi connectivity index (χ1n) is 13.4. The first-order chi connectivity index (χ1) is 20.8. The van der Waals surface area contributed by atoms with Gasteiger partial charge in [-0.3, -0.25) is 9.36 Å². The molecule has 0 spiro atoms. The van der Waals surface area contributed by atoms with Crippen LogP contribution in [0.5, 0.6) is 0 Å². The molecule has 1 saturated heterocycles. The number of ether oxygens (including phenoxy) is 4. The molecule has 3 aromatic carbocycles. The fourth-order valence-electron chi connectivity index (χ4n) is 4.78. The van der Waals surface area contributed by atoms with Gasteiger partial charge < -0.3 is 18.9 Å². The van der Waals surface area contributed by atoms with Gasteiger partial charge in [-0.1, -0.05) is 66.4 Å². The number of hydrogen-bond donors (Lipinski definition) is 0. The molecule has 0 bridgehead atoms. The predicted octanol–water partition coefficient (Wildman–Crippen LogP) is 4.56. The smallest absolute Gasteiger partial charge is 0.338 e. The lowest BCUT2D eigenvalue weighted by molar-refractivity contribution is -0.113. The number of nitrogens with zero attached hydrogens (tertiary/aromatic N) is 2. The Bertz CT molecular complexity index is 1650. The molecule has 11 heteroatoms. The SMILES string of the molecule is CSc1nc(=O)ccn1[C@@H]1O[C@H](COC(=O)c2ccccc2)C(OC(=O)c2ccccc2)[C@@]1(C)OC(=O)c1ccccc1. The molecular weight excluding hydrogens is 572 g/mol. The number of hydrogen-bond acceptors (Lipinski definition) is 10. The first kappa shape index (κ1) is 29.7. The summed E-state index contributed by atoms with van der Waals surface area (Å²) in [7, 11) is 0. The van der Waals surface area contributed by atoms with Crippen LogP contribution in [0, 0.1) is 0 Å². The van der Waals surface area contributed by atoms with Crippen LogP contribution in [0.1, 0.15) is 44.2 Å². The largest absolute Gasteiger partial charge is 0.459 e. The van der Waals surface area contributed by atoms with E-state index in [1.807, 2.05) is 0 Å². The fourth-order valence-corrected chi connectivity index (χ4v) is 5.33. The average molecular weight is 601 g/mol. The van der Waals surface area contributed by atoms with Crippen molar-refractivity contribution < 1.29 is 33.3 Å². The summed E-state index contributed by atoms with van der Waals surface area (Å²) in [6, 6.07) is 26.3. The monoisotopic (exact) mass is 600 g/mol. The van der Waals surface area contributed by atoms with Gasteiger partial charge in [-0.2, -0.15) is 4.98 Å². The molecule has 4 aromatic rings. The summed E-state index contributed by atoms with van der Waals surface area (Å²) in [5, 5.41) is 0.273. The van der Waals surface area contributed by atoms with E-state index in [2.05, 4.69) is 4.98 Å². The Hall–Kier alpha value is -4.74. The second kappa shape index (κ2) is 13.1. The Balaban J connectivity index is 1.56. The molecule has 2 heterocycles. The number of thioether (sulfide) groups is 1. The van der Waals surface area contributed by atoms with Gasteiger partial charge in [0.2, 0.25) is 0 Å². The van der Waals surface area contributed by atoms with Gasteiger partial charge in [-0.25, -0.2) is 14.4 Å². The van der Waals surface area contributed by atoms with Gasteiger partial charge in [0.25, 0.3) is 5.56 Å². The summed E-state index contributed by atoms with van der Waals surface area (Å²) in [4.78, 5) is 55.8. The number of esters is 3. The van der Waals surface area contributed by atoms with E-state index in [9.17, 15) is 19.2 Å². The standard InChI is InChI=1S/C32H28N2O8S/c1-32(42-29(38)23-16-10-5-11-17-23)26(41-28(37)22-14-8-4-9-15-22)24(20-39-27(36)21-12-6-3-7-13-21)40-30(32)34-19-18-25(35)33-31(34)43-2/h3-19,24,26,30H,20H2,1-2H3/t24-,26?,30-,32-/m1/s1. The lowest BCUT2D eigenvalue weighted by Crippen LogP contribution is -2.50. The number of aromatic nitrogens is 2. The average Bonchev–Trinajstić information content (AvgIpc) is 3.30. The molecule has 5 rings (SSSR count). The molecule has 0 N–H and O–H groups in total. The molecule has 0 amide bonds. The van der Waals surface area contributed by atoms with Crippen molar-refractivity contribution in [3.8, 4) is 0 Å². The van der Waals surface area contributed by atoms with Crippen LogP contribution >= 0.6 is 11.8 Å². The van der Waals surface area contributed by atoms with Gasteiger partial charge in [0, 0.05) is 12.3 Å². The zero-order valence-electron chi connectivity index (χ0n) is 23.3. The fraction of sp³-hybridized carbons (Fsp3) is 0.219. The molecule has 220 valence electrons. The molecular formula is C32H28N2O8S. The molecule has 0 saturated carbocycles. The molecule has 1 aromatic heterocycles. The highest BCUT2D eigenvalue weighted by Crippen LogP contribution is 2.45. The molecule has 1 unspecified atom stereocenters. The van der Waals surface area contributed by atoms with Crippen molar-refractivity contribution in [2.24, 2.45) is 0 Å². The van der Waals surface area contributed by atoms with Crippen LogP contribution in [-0.4, -0.2) is 58.1 Å². The molecule has 1 aliphatic rings. The van der Waals surface area contributed by atoms with E-state index in [1.54, 1.807) is 104 Å². The Morgan fingerprint density at radius 1 is 0.837 bits per heavy atom. The summed E-state index contributed by atoms with van der Waals surface area (Å²) in [6.45, 7) is 1.24. The second-order valence-corrected chi connectivity index (χ2v) is 10.6. The minimum atomic E-state index is -1.68. The zero-order valence-corrected chi connectivity index (χ0v) is 24.1. The quantitative estimate of drug-likeness (QED) is 0.117. The summed E-state index contributed by atoms with van der Waals surface area (Å²) >= 11 is 1.18. The van der Waals surface area contributed by atoms with E-state index in [1.165, 1.54) is 28.6 Å². The zero-order chi connectivity index (χ0) is 30.4. The van der Waals surface area contributed by atoms with Crippen molar-refractivity contribution in [1.82, 2.24) is 9.55 Å².